The molecule has 0 aliphatic rings. The summed E-state index contributed by atoms with van der Waals surface area (Å²) in [5.41, 5.74) is 24.6. The van der Waals surface area contributed by atoms with E-state index in [1.165, 1.54) is 0 Å². The maximum Gasteiger partial charge on any atom is 0.0970 e. The largest absolute Gasteiger partial charge is 0.263 e. The molecule has 0 unspecified atom stereocenters. The fourth-order valence-electron chi connectivity index (χ4n) is 14.1. The predicted octanol–water partition coefficient (Wildman–Crippen LogP) is 22.2. The normalized spacial score (nSPS) is 11.6. The van der Waals surface area contributed by atoms with Gasteiger partial charge in [-0.1, -0.05) is 176 Å². The summed E-state index contributed by atoms with van der Waals surface area (Å²) in [5, 5.41) is 13.3. The van der Waals surface area contributed by atoms with Crippen LogP contribution >= 0.6 is 0 Å². The van der Waals surface area contributed by atoms with Crippen molar-refractivity contribution in [3.05, 3.63) is 329 Å². The first-order chi connectivity index (χ1) is 49.5. The van der Waals surface area contributed by atoms with Crippen molar-refractivity contribution < 1.29 is 0 Å². The fraction of sp³-hybridized carbons (Fsp3) is 0. The average Bonchev–Trinajstić information content (AvgIpc) is 0.790. The van der Waals surface area contributed by atoms with Crippen LogP contribution < -0.4 is 0 Å². The molecule has 10 heterocycles. The van der Waals surface area contributed by atoms with E-state index < -0.39 is 0 Å². The highest BCUT2D eigenvalue weighted by molar-refractivity contribution is 6.11. The Kier molecular flexibility index (Phi) is 14.0. The molecular formula is C90H54N10. The van der Waals surface area contributed by atoms with Crippen LogP contribution in [0.15, 0.2) is 329 Å². The molecule has 0 N–H and O–H groups in total. The van der Waals surface area contributed by atoms with Gasteiger partial charge in [0.05, 0.1) is 66.9 Å². The Morgan fingerprint density at radius 1 is 0.180 bits per heavy atom. The molecule has 20 aromatic rings. The molecule has 0 aliphatic heterocycles. The van der Waals surface area contributed by atoms with Gasteiger partial charge in [-0.05, 0) is 158 Å². The molecule has 0 amide bonds. The van der Waals surface area contributed by atoms with Crippen LogP contribution in [-0.2, 0) is 0 Å². The molecule has 20 rings (SSSR count). The summed E-state index contributed by atoms with van der Waals surface area (Å²) in [7, 11) is 0. The monoisotopic (exact) mass is 1270 g/mol. The zero-order chi connectivity index (χ0) is 66.0. The summed E-state index contributed by atoms with van der Waals surface area (Å²) in [4.78, 5) is 47.6. The van der Waals surface area contributed by atoms with E-state index >= 15 is 0 Å². The van der Waals surface area contributed by atoms with Gasteiger partial charge >= 0.3 is 0 Å². The number of aromatic nitrogens is 10. The minimum absolute atomic E-state index is 0.921. The molecule has 10 aromatic heterocycles. The van der Waals surface area contributed by atoms with Gasteiger partial charge in [-0.25, -0.2) is 19.9 Å². The van der Waals surface area contributed by atoms with Crippen molar-refractivity contribution in [1.82, 2.24) is 49.8 Å². The molecule has 10 heteroatoms. The zero-order valence-corrected chi connectivity index (χ0v) is 53.6. The third-order valence-electron chi connectivity index (χ3n) is 19.2. The lowest BCUT2D eigenvalue weighted by Gasteiger charge is -2.11. The first-order valence-electron chi connectivity index (χ1n) is 33.3. The van der Waals surface area contributed by atoms with Gasteiger partial charge in [0.15, 0.2) is 0 Å². The van der Waals surface area contributed by atoms with E-state index in [-0.39, 0.29) is 0 Å². The number of benzene rings is 10. The summed E-state index contributed by atoms with van der Waals surface area (Å²) in [6.07, 6.45) is 14.9. The van der Waals surface area contributed by atoms with Crippen molar-refractivity contribution in [2.24, 2.45) is 0 Å². The van der Waals surface area contributed by atoms with Crippen LogP contribution in [0.3, 0.4) is 0 Å². The second-order valence-electron chi connectivity index (χ2n) is 25.2. The Balaban J connectivity index is 0.000000139. The zero-order valence-electron chi connectivity index (χ0n) is 53.6. The van der Waals surface area contributed by atoms with Gasteiger partial charge in [0.1, 0.15) is 0 Å². The predicted molar refractivity (Wildman–Crippen MR) is 409 cm³/mol. The van der Waals surface area contributed by atoms with Gasteiger partial charge in [0.2, 0.25) is 0 Å². The molecule has 100 heavy (non-hydrogen) atoms. The van der Waals surface area contributed by atoms with Gasteiger partial charge in [0.25, 0.3) is 0 Å². The number of fused-ring (bicyclic) bond motifs is 12. The highest BCUT2D eigenvalue weighted by Gasteiger charge is 2.16. The summed E-state index contributed by atoms with van der Waals surface area (Å²) >= 11 is 0. The van der Waals surface area contributed by atoms with Crippen molar-refractivity contribution in [3.63, 3.8) is 0 Å². The van der Waals surface area contributed by atoms with Crippen molar-refractivity contribution in [2.75, 3.05) is 0 Å². The average molecular weight is 1280 g/mol. The molecule has 0 radical (unpaired) electrons. The summed E-state index contributed by atoms with van der Waals surface area (Å²) < 4.78 is 0. The van der Waals surface area contributed by atoms with Gasteiger partial charge in [0, 0.05) is 126 Å². The molecule has 464 valence electrons. The summed E-state index contributed by atoms with van der Waals surface area (Å²) in [5.74, 6) is 0. The van der Waals surface area contributed by atoms with Crippen LogP contribution in [0, 0.1) is 0 Å². The van der Waals surface area contributed by atoms with Crippen molar-refractivity contribution in [3.8, 4) is 89.5 Å². The molecular weight excluding hydrogens is 1220 g/mol. The fourth-order valence-corrected chi connectivity index (χ4v) is 14.1. The van der Waals surface area contributed by atoms with Crippen molar-refractivity contribution >= 4 is 109 Å². The highest BCUT2D eigenvalue weighted by Crippen LogP contribution is 2.39. The van der Waals surface area contributed by atoms with E-state index in [0.29, 0.717) is 0 Å². The van der Waals surface area contributed by atoms with E-state index in [1.807, 2.05) is 79.9 Å². The Bertz CT molecular complexity index is 6640. The van der Waals surface area contributed by atoms with Gasteiger partial charge in [-0.2, -0.15) is 0 Å². The molecule has 0 saturated heterocycles. The van der Waals surface area contributed by atoms with Crippen LogP contribution in [0.4, 0.5) is 0 Å². The van der Waals surface area contributed by atoms with Gasteiger partial charge in [-0.3, -0.25) is 29.9 Å². The van der Waals surface area contributed by atoms with E-state index in [0.717, 1.165) is 198 Å². The van der Waals surface area contributed by atoms with E-state index in [9.17, 15) is 0 Å². The maximum absolute atomic E-state index is 5.05. The molecule has 0 saturated carbocycles. The van der Waals surface area contributed by atoms with E-state index in [1.54, 1.807) is 0 Å². The molecule has 0 bridgehead atoms. The molecule has 0 spiro atoms. The lowest BCUT2D eigenvalue weighted by molar-refractivity contribution is 1.33. The van der Waals surface area contributed by atoms with Crippen LogP contribution in [0.2, 0.25) is 0 Å². The van der Waals surface area contributed by atoms with Crippen LogP contribution in [-0.4, -0.2) is 49.8 Å². The molecule has 0 fully saturated rings. The maximum atomic E-state index is 5.05. The Morgan fingerprint density at radius 2 is 0.540 bits per heavy atom. The number of nitrogens with zero attached hydrogens (tertiary/aromatic N) is 10. The van der Waals surface area contributed by atoms with Crippen LogP contribution in [0.1, 0.15) is 0 Å². The highest BCUT2D eigenvalue weighted by atomic mass is 14.8. The van der Waals surface area contributed by atoms with Crippen LogP contribution in [0.25, 0.3) is 198 Å². The molecule has 10 nitrogen and oxygen atoms in total. The number of hydrogen-bond donors (Lipinski definition) is 0. The Labute approximate surface area is 573 Å². The summed E-state index contributed by atoms with van der Waals surface area (Å²) in [6.45, 7) is 0. The van der Waals surface area contributed by atoms with Crippen LogP contribution in [0.5, 0.6) is 0 Å². The Morgan fingerprint density at radius 3 is 1.05 bits per heavy atom. The number of hydrogen-bond acceptors (Lipinski definition) is 10. The summed E-state index contributed by atoms with van der Waals surface area (Å²) in [6, 6.07) is 97.5. The minimum Gasteiger partial charge on any atom is -0.263 e. The SMILES string of the molecule is c1ccc2c(-c3ccc4cc(-c5ccc6nc(-c7ccc(-c8cc9cccnc9c9ncccc89)cc7)ccc6c5)ccc4n3)cncc2c1.c1ccc2c(-c3ccc4cc(-c5ccc6nc(-c7ccc(-c8ccnc9c8ccc8cccnc89)cc7)ccc6c5)ccc4n3)cncc2c1. The molecule has 10 aromatic carbocycles. The lowest BCUT2D eigenvalue weighted by Crippen LogP contribution is -1.90. The first kappa shape index (κ1) is 57.7. The second-order valence-corrected chi connectivity index (χ2v) is 25.2. The molecule has 0 aliphatic carbocycles. The van der Waals surface area contributed by atoms with Gasteiger partial charge < -0.3 is 0 Å². The topological polar surface area (TPSA) is 129 Å². The molecule has 0 atom stereocenters. The minimum atomic E-state index is 0.921. The van der Waals surface area contributed by atoms with Crippen molar-refractivity contribution in [1.29, 1.82) is 0 Å². The first-order valence-corrected chi connectivity index (χ1v) is 33.3. The number of rotatable bonds is 8. The third kappa shape index (κ3) is 10.5. The van der Waals surface area contributed by atoms with Crippen molar-refractivity contribution in [2.45, 2.75) is 0 Å². The quantitative estimate of drug-likeness (QED) is 0.136. The van der Waals surface area contributed by atoms with E-state index in [4.69, 9.17) is 19.9 Å². The lowest BCUT2D eigenvalue weighted by atomic mass is 9.96. The smallest absolute Gasteiger partial charge is 0.0970 e. The third-order valence-corrected chi connectivity index (χ3v) is 19.2. The second kappa shape index (κ2) is 24.2. The standard InChI is InChI=1S/2C45H27N5/c1-2-7-36-35(5-1)26-46-27-39(36)43-20-16-33-24-31(14-18-42(33)50-43)30-13-17-41-32(23-30)15-19-40(49-41)29-11-9-28(10-12-29)38-25-34-6-3-21-47-44(34)45-37(38)8-4-22-48-45;1-2-6-36-35(4-1)26-46-27-39(36)43-20-15-34-25-32(13-18-42(34)50-43)31-12-17-41-33(24-31)14-19-40(49-41)29-9-7-28(8-10-29)37-21-23-48-45-38(37)16-11-30-5-3-22-47-44(30)45/h2*1-27H. The Hall–Kier alpha value is -13.7. The van der Waals surface area contributed by atoms with E-state index in [2.05, 4.69) is 279 Å². The van der Waals surface area contributed by atoms with Gasteiger partial charge in [-0.15, -0.1) is 0 Å². The number of pyridine rings is 10.